The molecule has 0 aliphatic heterocycles. The van der Waals surface area contributed by atoms with Gasteiger partial charge in [0.15, 0.2) is 0 Å². The molecule has 0 atom stereocenters. The molecule has 114 valence electrons. The fourth-order valence-electron chi connectivity index (χ4n) is 1.85. The second-order valence-corrected chi connectivity index (χ2v) is 6.47. The molecule has 0 unspecified atom stereocenters. The van der Waals surface area contributed by atoms with Gasteiger partial charge in [0.2, 0.25) is 10.0 Å². The van der Waals surface area contributed by atoms with Crippen molar-refractivity contribution in [1.29, 1.82) is 0 Å². The Bertz CT molecular complexity index is 486. The molecule has 0 heterocycles. The largest absolute Gasteiger partial charge is 0.381 e. The van der Waals surface area contributed by atoms with E-state index in [1.54, 1.807) is 12.1 Å². The van der Waals surface area contributed by atoms with Gasteiger partial charge in [-0.1, -0.05) is 19.1 Å². The van der Waals surface area contributed by atoms with Crippen molar-refractivity contribution < 1.29 is 13.2 Å². The molecule has 6 heteroatoms. The molecule has 0 spiro atoms. The SMILES string of the molecule is CCCN(c1ccc(CN)cc1)S(=O)(=O)CCOCC. The van der Waals surface area contributed by atoms with E-state index in [1.807, 2.05) is 26.0 Å². The average molecular weight is 300 g/mol. The molecule has 0 amide bonds. The molecular formula is C14H24N2O3S. The average Bonchev–Trinajstić information content (AvgIpc) is 2.45. The van der Waals surface area contributed by atoms with Crippen molar-refractivity contribution in [2.75, 3.05) is 29.8 Å². The van der Waals surface area contributed by atoms with E-state index in [-0.39, 0.29) is 12.4 Å². The second-order valence-electron chi connectivity index (χ2n) is 4.46. The van der Waals surface area contributed by atoms with Crippen LogP contribution in [-0.2, 0) is 21.3 Å². The van der Waals surface area contributed by atoms with E-state index in [4.69, 9.17) is 10.5 Å². The van der Waals surface area contributed by atoms with Gasteiger partial charge in [-0.15, -0.1) is 0 Å². The number of ether oxygens (including phenoxy) is 1. The van der Waals surface area contributed by atoms with Gasteiger partial charge in [-0.05, 0) is 31.0 Å². The second kappa shape index (κ2) is 8.24. The van der Waals surface area contributed by atoms with E-state index in [0.29, 0.717) is 25.4 Å². The van der Waals surface area contributed by atoms with E-state index in [2.05, 4.69) is 0 Å². The minimum Gasteiger partial charge on any atom is -0.381 e. The molecule has 0 fully saturated rings. The van der Waals surface area contributed by atoms with Crippen molar-refractivity contribution in [2.24, 2.45) is 5.73 Å². The standard InChI is InChI=1S/C14H24N2O3S/c1-3-9-16(20(17,18)11-10-19-4-2)14-7-5-13(12-15)6-8-14/h5-8H,3-4,9-12,15H2,1-2H3. The number of anilines is 1. The predicted molar refractivity (Wildman–Crippen MR) is 82.3 cm³/mol. The summed E-state index contributed by atoms with van der Waals surface area (Å²) in [4.78, 5) is 0. The molecule has 0 aromatic heterocycles. The van der Waals surface area contributed by atoms with E-state index in [9.17, 15) is 8.42 Å². The van der Waals surface area contributed by atoms with Crippen molar-refractivity contribution in [3.63, 3.8) is 0 Å². The minimum atomic E-state index is -3.35. The first-order valence-electron chi connectivity index (χ1n) is 6.92. The summed E-state index contributed by atoms with van der Waals surface area (Å²) in [6.45, 7) is 5.47. The van der Waals surface area contributed by atoms with E-state index >= 15 is 0 Å². The van der Waals surface area contributed by atoms with Crippen LogP contribution in [0.2, 0.25) is 0 Å². The minimum absolute atomic E-state index is 0.000516. The zero-order chi connectivity index (χ0) is 15.0. The first-order valence-corrected chi connectivity index (χ1v) is 8.53. The lowest BCUT2D eigenvalue weighted by molar-refractivity contribution is 0.163. The van der Waals surface area contributed by atoms with Crippen LogP contribution in [0, 0.1) is 0 Å². The first kappa shape index (κ1) is 16.9. The van der Waals surface area contributed by atoms with Crippen molar-refractivity contribution in [3.8, 4) is 0 Å². The van der Waals surface area contributed by atoms with Gasteiger partial charge in [0, 0.05) is 19.7 Å². The highest BCUT2D eigenvalue weighted by molar-refractivity contribution is 7.92. The van der Waals surface area contributed by atoms with Gasteiger partial charge >= 0.3 is 0 Å². The molecule has 0 aliphatic rings. The highest BCUT2D eigenvalue weighted by atomic mass is 32.2. The number of hydrogen-bond donors (Lipinski definition) is 1. The van der Waals surface area contributed by atoms with Crippen molar-refractivity contribution in [2.45, 2.75) is 26.8 Å². The molecule has 0 saturated heterocycles. The lowest BCUT2D eigenvalue weighted by Gasteiger charge is -2.24. The highest BCUT2D eigenvalue weighted by Gasteiger charge is 2.21. The van der Waals surface area contributed by atoms with Gasteiger partial charge in [0.05, 0.1) is 18.0 Å². The fraction of sp³-hybridized carbons (Fsp3) is 0.571. The van der Waals surface area contributed by atoms with E-state index in [0.717, 1.165) is 12.0 Å². The lowest BCUT2D eigenvalue weighted by atomic mass is 10.2. The van der Waals surface area contributed by atoms with Crippen LogP contribution >= 0.6 is 0 Å². The molecule has 1 rings (SSSR count). The predicted octanol–water partition coefficient (Wildman–Crippen LogP) is 1.73. The topological polar surface area (TPSA) is 72.6 Å². The van der Waals surface area contributed by atoms with Crippen LogP contribution < -0.4 is 10.0 Å². The number of nitrogens with two attached hydrogens (primary N) is 1. The van der Waals surface area contributed by atoms with Crippen LogP contribution in [0.15, 0.2) is 24.3 Å². The summed E-state index contributed by atoms with van der Waals surface area (Å²) >= 11 is 0. The summed E-state index contributed by atoms with van der Waals surface area (Å²) in [5.74, 6) is -0.000516. The van der Waals surface area contributed by atoms with Crippen molar-refractivity contribution in [1.82, 2.24) is 0 Å². The number of sulfonamides is 1. The Morgan fingerprint density at radius 2 is 1.85 bits per heavy atom. The zero-order valence-corrected chi connectivity index (χ0v) is 13.0. The van der Waals surface area contributed by atoms with Gasteiger partial charge in [0.1, 0.15) is 0 Å². The summed E-state index contributed by atoms with van der Waals surface area (Å²) in [5.41, 5.74) is 7.22. The van der Waals surface area contributed by atoms with Crippen LogP contribution in [0.4, 0.5) is 5.69 Å². The maximum Gasteiger partial charge on any atom is 0.237 e. The third kappa shape index (κ3) is 4.77. The summed E-state index contributed by atoms with van der Waals surface area (Å²) in [6, 6.07) is 7.32. The van der Waals surface area contributed by atoms with E-state index in [1.165, 1.54) is 4.31 Å². The van der Waals surface area contributed by atoms with Crippen LogP contribution in [0.5, 0.6) is 0 Å². The summed E-state index contributed by atoms with van der Waals surface area (Å²) in [5, 5.41) is 0. The molecule has 0 aliphatic carbocycles. The molecule has 0 saturated carbocycles. The fourth-order valence-corrected chi connectivity index (χ4v) is 3.30. The molecule has 5 nitrogen and oxygen atoms in total. The number of rotatable bonds is 9. The Balaban J connectivity index is 2.91. The molecule has 1 aromatic rings. The number of nitrogens with zero attached hydrogens (tertiary/aromatic N) is 1. The smallest absolute Gasteiger partial charge is 0.237 e. The van der Waals surface area contributed by atoms with E-state index < -0.39 is 10.0 Å². The normalized spacial score (nSPS) is 11.6. The summed E-state index contributed by atoms with van der Waals surface area (Å²) in [6.07, 6.45) is 0.756. The number of benzene rings is 1. The Morgan fingerprint density at radius 1 is 1.20 bits per heavy atom. The van der Waals surface area contributed by atoms with Gasteiger partial charge in [0.25, 0.3) is 0 Å². The number of hydrogen-bond acceptors (Lipinski definition) is 4. The summed E-state index contributed by atoms with van der Waals surface area (Å²) in [7, 11) is -3.35. The Kier molecular flexibility index (Phi) is 6.98. The molecule has 2 N–H and O–H groups in total. The van der Waals surface area contributed by atoms with Gasteiger partial charge < -0.3 is 10.5 Å². The Hall–Kier alpha value is -1.11. The van der Waals surface area contributed by atoms with Crippen molar-refractivity contribution >= 4 is 15.7 Å². The zero-order valence-electron chi connectivity index (χ0n) is 12.2. The third-order valence-electron chi connectivity index (χ3n) is 2.91. The molecule has 20 heavy (non-hydrogen) atoms. The van der Waals surface area contributed by atoms with Crippen LogP contribution in [0.25, 0.3) is 0 Å². The Morgan fingerprint density at radius 3 is 2.35 bits per heavy atom. The Labute approximate surface area is 121 Å². The molecular weight excluding hydrogens is 276 g/mol. The van der Waals surface area contributed by atoms with Gasteiger partial charge in [-0.2, -0.15) is 0 Å². The van der Waals surface area contributed by atoms with Gasteiger partial charge in [-0.3, -0.25) is 4.31 Å². The molecule has 1 aromatic carbocycles. The monoisotopic (exact) mass is 300 g/mol. The maximum atomic E-state index is 12.4. The van der Waals surface area contributed by atoms with Crippen LogP contribution in [-0.4, -0.2) is 33.9 Å². The lowest BCUT2D eigenvalue weighted by Crippen LogP contribution is -2.35. The summed E-state index contributed by atoms with van der Waals surface area (Å²) < 4.78 is 31.3. The van der Waals surface area contributed by atoms with Gasteiger partial charge in [-0.25, -0.2) is 8.42 Å². The maximum absolute atomic E-state index is 12.4. The van der Waals surface area contributed by atoms with Crippen molar-refractivity contribution in [3.05, 3.63) is 29.8 Å². The first-order chi connectivity index (χ1) is 9.55. The van der Waals surface area contributed by atoms with Crippen LogP contribution in [0.1, 0.15) is 25.8 Å². The third-order valence-corrected chi connectivity index (χ3v) is 4.66. The quantitative estimate of drug-likeness (QED) is 0.705. The van der Waals surface area contributed by atoms with Crippen LogP contribution in [0.3, 0.4) is 0 Å². The molecule has 0 bridgehead atoms. The molecule has 0 radical (unpaired) electrons. The highest BCUT2D eigenvalue weighted by Crippen LogP contribution is 2.19.